The van der Waals surface area contributed by atoms with Crippen molar-refractivity contribution < 1.29 is 9.47 Å². The Hall–Kier alpha value is -2.93. The first kappa shape index (κ1) is 19.1. The van der Waals surface area contributed by atoms with Crippen molar-refractivity contribution in [2.24, 2.45) is 5.92 Å². The zero-order valence-electron chi connectivity index (χ0n) is 17.3. The predicted molar refractivity (Wildman–Crippen MR) is 116 cm³/mol. The zero-order valence-corrected chi connectivity index (χ0v) is 18.1. The maximum atomic E-state index is 6.10. The quantitative estimate of drug-likeness (QED) is 0.452. The Kier molecular flexibility index (Phi) is 4.90. The van der Waals surface area contributed by atoms with Crippen LogP contribution >= 0.6 is 11.3 Å². The third-order valence-electron chi connectivity index (χ3n) is 5.32. The van der Waals surface area contributed by atoms with Gasteiger partial charge in [-0.3, -0.25) is 0 Å². The molecule has 0 radical (unpaired) electrons. The van der Waals surface area contributed by atoms with Crippen LogP contribution in [0.4, 0.5) is 0 Å². The minimum absolute atomic E-state index is 0.182. The molecule has 3 heterocycles. The van der Waals surface area contributed by atoms with E-state index in [1.807, 2.05) is 24.3 Å². The van der Waals surface area contributed by atoms with Crippen LogP contribution in [-0.2, 0) is 6.42 Å². The Bertz CT molecular complexity index is 1170. The van der Waals surface area contributed by atoms with Gasteiger partial charge in [-0.15, -0.1) is 10.2 Å². The second-order valence-corrected chi connectivity index (χ2v) is 9.11. The number of nitrogens with zero attached hydrogens (tertiary/aromatic N) is 4. The lowest BCUT2D eigenvalue weighted by atomic mass is 9.97. The van der Waals surface area contributed by atoms with E-state index < -0.39 is 0 Å². The Morgan fingerprint density at radius 3 is 2.57 bits per heavy atom. The van der Waals surface area contributed by atoms with Crippen LogP contribution < -0.4 is 9.47 Å². The molecule has 2 aromatic heterocycles. The van der Waals surface area contributed by atoms with Gasteiger partial charge in [0, 0.05) is 5.92 Å². The average Bonchev–Trinajstić information content (AvgIpc) is 3.34. The van der Waals surface area contributed by atoms with Crippen LogP contribution in [0, 0.1) is 5.92 Å². The highest BCUT2D eigenvalue weighted by atomic mass is 32.1. The van der Waals surface area contributed by atoms with Crippen LogP contribution in [0.1, 0.15) is 54.8 Å². The van der Waals surface area contributed by atoms with Crippen molar-refractivity contribution >= 4 is 16.3 Å². The average molecular weight is 421 g/mol. The van der Waals surface area contributed by atoms with E-state index in [2.05, 4.69) is 55.2 Å². The zero-order chi connectivity index (χ0) is 20.7. The van der Waals surface area contributed by atoms with Gasteiger partial charge in [-0.1, -0.05) is 68.5 Å². The van der Waals surface area contributed by atoms with Gasteiger partial charge in [0.1, 0.15) is 11.6 Å². The van der Waals surface area contributed by atoms with E-state index in [-0.39, 0.29) is 12.0 Å². The number of fused-ring (bicyclic) bond motifs is 2. The molecule has 0 amide bonds. The first-order valence-corrected chi connectivity index (χ1v) is 11.1. The van der Waals surface area contributed by atoms with Crippen LogP contribution in [0.5, 0.6) is 11.5 Å². The van der Waals surface area contributed by atoms with Gasteiger partial charge in [0.15, 0.2) is 23.4 Å². The molecule has 0 fully saturated rings. The molecular formula is C23H24N4O2S. The number of aromatic nitrogens is 4. The third-order valence-corrected chi connectivity index (χ3v) is 6.40. The van der Waals surface area contributed by atoms with Gasteiger partial charge in [-0.25, -0.2) is 0 Å². The highest BCUT2D eigenvalue weighted by Gasteiger charge is 2.28. The topological polar surface area (TPSA) is 61.5 Å². The van der Waals surface area contributed by atoms with E-state index in [4.69, 9.17) is 14.6 Å². The summed E-state index contributed by atoms with van der Waals surface area (Å²) in [6.45, 7) is 7.05. The van der Waals surface area contributed by atoms with E-state index in [0.717, 1.165) is 27.9 Å². The lowest BCUT2D eigenvalue weighted by Gasteiger charge is -2.24. The number of ether oxygens (including phenoxy) is 2. The molecule has 2 aromatic carbocycles. The summed E-state index contributed by atoms with van der Waals surface area (Å²) in [7, 11) is 0. The smallest absolute Gasteiger partial charge is 0.234 e. The van der Waals surface area contributed by atoms with E-state index in [0.29, 0.717) is 18.3 Å². The number of hydrogen-bond donors (Lipinski definition) is 0. The summed E-state index contributed by atoms with van der Waals surface area (Å²) in [6, 6.07) is 16.5. The Morgan fingerprint density at radius 2 is 1.80 bits per heavy atom. The van der Waals surface area contributed by atoms with E-state index in [9.17, 15) is 0 Å². The molecule has 7 heteroatoms. The Labute approximate surface area is 179 Å². The number of benzene rings is 2. The minimum atomic E-state index is -0.338. The molecule has 0 unspecified atom stereocenters. The van der Waals surface area contributed by atoms with E-state index >= 15 is 0 Å². The molecule has 30 heavy (non-hydrogen) atoms. The molecule has 0 saturated carbocycles. The maximum Gasteiger partial charge on any atom is 0.234 e. The second-order valence-electron chi connectivity index (χ2n) is 8.12. The summed E-state index contributed by atoms with van der Waals surface area (Å²) in [6.07, 6.45) is 0.761. The van der Waals surface area contributed by atoms with Crippen molar-refractivity contribution in [1.29, 1.82) is 0 Å². The number of para-hydroxylation sites is 2. The number of hydrogen-bond acceptors (Lipinski definition) is 6. The van der Waals surface area contributed by atoms with E-state index in [1.54, 1.807) is 15.9 Å². The molecular weight excluding hydrogens is 396 g/mol. The monoisotopic (exact) mass is 420 g/mol. The normalized spacial score (nSPS) is 16.9. The molecule has 0 N–H and O–H groups in total. The summed E-state index contributed by atoms with van der Waals surface area (Å²) >= 11 is 1.57. The summed E-state index contributed by atoms with van der Waals surface area (Å²) < 4.78 is 13.7. The van der Waals surface area contributed by atoms with Gasteiger partial charge in [-0.05, 0) is 35.6 Å². The molecule has 0 saturated heterocycles. The molecule has 0 bridgehead atoms. The van der Waals surface area contributed by atoms with Gasteiger partial charge < -0.3 is 9.47 Å². The van der Waals surface area contributed by atoms with Crippen LogP contribution in [0.15, 0.2) is 48.5 Å². The molecule has 6 nitrogen and oxygen atoms in total. The molecule has 0 aliphatic carbocycles. The van der Waals surface area contributed by atoms with Crippen molar-refractivity contribution in [3.63, 3.8) is 0 Å². The van der Waals surface area contributed by atoms with Crippen molar-refractivity contribution in [2.75, 3.05) is 6.61 Å². The molecule has 4 aromatic rings. The van der Waals surface area contributed by atoms with Gasteiger partial charge in [-0.2, -0.15) is 9.61 Å². The number of rotatable bonds is 5. The SMILES string of the molecule is CC(C)Cc1ccc([C@@H](C)c2nn3c([C@H]4COc5ccccc5O4)nnc3s2)cc1. The molecule has 0 spiro atoms. The van der Waals surface area contributed by atoms with Crippen LogP contribution in [0.2, 0.25) is 0 Å². The van der Waals surface area contributed by atoms with Crippen molar-refractivity contribution in [2.45, 2.75) is 39.2 Å². The lowest BCUT2D eigenvalue weighted by Crippen LogP contribution is -2.23. The molecule has 1 aliphatic heterocycles. The largest absolute Gasteiger partial charge is 0.485 e. The molecule has 5 rings (SSSR count). The first-order valence-electron chi connectivity index (χ1n) is 10.3. The fourth-order valence-corrected chi connectivity index (χ4v) is 4.65. The highest BCUT2D eigenvalue weighted by molar-refractivity contribution is 7.16. The summed E-state index contributed by atoms with van der Waals surface area (Å²) in [5, 5.41) is 14.5. The van der Waals surface area contributed by atoms with Crippen LogP contribution in [-0.4, -0.2) is 26.4 Å². The summed E-state index contributed by atoms with van der Waals surface area (Å²) in [5.74, 6) is 2.98. The molecule has 154 valence electrons. The van der Waals surface area contributed by atoms with Crippen molar-refractivity contribution in [3.05, 3.63) is 70.5 Å². The first-order chi connectivity index (χ1) is 14.6. The highest BCUT2D eigenvalue weighted by Crippen LogP contribution is 2.36. The van der Waals surface area contributed by atoms with Gasteiger partial charge in [0.25, 0.3) is 0 Å². The second kappa shape index (κ2) is 7.72. The molecule has 1 aliphatic rings. The fourth-order valence-electron chi connectivity index (χ4n) is 3.73. The summed E-state index contributed by atoms with van der Waals surface area (Å²) in [5.41, 5.74) is 2.62. The standard InChI is InChI=1S/C23H24N4O2S/c1-14(2)12-16-8-10-17(11-9-16)15(3)22-26-27-21(24-25-23(27)30-22)20-13-28-18-6-4-5-7-19(18)29-20/h4-11,14-15,20H,12-13H2,1-3H3/t15-,20-/m1/s1. The van der Waals surface area contributed by atoms with Crippen LogP contribution in [0.3, 0.4) is 0 Å². The van der Waals surface area contributed by atoms with Gasteiger partial charge in [0.2, 0.25) is 4.96 Å². The van der Waals surface area contributed by atoms with Crippen molar-refractivity contribution in [1.82, 2.24) is 19.8 Å². The Morgan fingerprint density at radius 1 is 1.03 bits per heavy atom. The lowest BCUT2D eigenvalue weighted by molar-refractivity contribution is 0.0836. The third kappa shape index (κ3) is 3.54. The van der Waals surface area contributed by atoms with Gasteiger partial charge >= 0.3 is 0 Å². The predicted octanol–water partition coefficient (Wildman–Crippen LogP) is 5.05. The van der Waals surface area contributed by atoms with E-state index in [1.165, 1.54) is 11.1 Å². The molecule has 2 atom stereocenters. The maximum absolute atomic E-state index is 6.10. The fraction of sp³-hybridized carbons (Fsp3) is 0.348. The summed E-state index contributed by atoms with van der Waals surface area (Å²) in [4.78, 5) is 0.769. The van der Waals surface area contributed by atoms with Gasteiger partial charge in [0.05, 0.1) is 0 Å². The minimum Gasteiger partial charge on any atom is -0.485 e. The van der Waals surface area contributed by atoms with Crippen LogP contribution in [0.25, 0.3) is 4.96 Å². The van der Waals surface area contributed by atoms with Crippen molar-refractivity contribution in [3.8, 4) is 11.5 Å². The Balaban J connectivity index is 1.39.